The Kier molecular flexibility index (Phi) is 4.95. The second-order valence-electron chi connectivity index (χ2n) is 5.44. The Morgan fingerprint density at radius 2 is 2.15 bits per heavy atom. The number of fused-ring (bicyclic) bond motifs is 1. The van der Waals surface area contributed by atoms with E-state index in [1.165, 1.54) is 0 Å². The smallest absolute Gasteiger partial charge is 0.417 e. The highest BCUT2D eigenvalue weighted by molar-refractivity contribution is 6.31. The number of carbonyl (C=O) groups is 1. The average Bonchev–Trinajstić information content (AvgIpc) is 2.99. The van der Waals surface area contributed by atoms with Gasteiger partial charge in [-0.15, -0.1) is 0 Å². The maximum Gasteiger partial charge on any atom is 0.417 e. The molecule has 1 aliphatic rings. The Morgan fingerprint density at radius 3 is 2.81 bits per heavy atom. The molecule has 0 amide bonds. The summed E-state index contributed by atoms with van der Waals surface area (Å²) >= 11 is 5.83. The number of rotatable bonds is 4. The summed E-state index contributed by atoms with van der Waals surface area (Å²) in [7, 11) is 0. The molecule has 26 heavy (non-hydrogen) atoms. The molecule has 0 bridgehead atoms. The van der Waals surface area contributed by atoms with Crippen molar-refractivity contribution in [1.29, 1.82) is 0 Å². The van der Waals surface area contributed by atoms with E-state index in [1.54, 1.807) is 25.1 Å². The molecule has 0 radical (unpaired) electrons. The average molecular weight is 388 g/mol. The molecule has 1 aromatic carbocycles. The van der Waals surface area contributed by atoms with Crippen molar-refractivity contribution < 1.29 is 32.2 Å². The lowest BCUT2D eigenvalue weighted by molar-refractivity contribution is -0.150. The normalized spacial score (nSPS) is 16.0. The van der Waals surface area contributed by atoms with Crippen LogP contribution in [-0.4, -0.2) is 23.7 Å². The summed E-state index contributed by atoms with van der Waals surface area (Å²) in [5.41, 5.74) is -0.252. The number of hydrogen-bond acceptors (Lipinski definition) is 5. The number of alkyl halides is 3. The molecule has 1 aromatic heterocycles. The lowest BCUT2D eigenvalue weighted by atomic mass is 10.1. The van der Waals surface area contributed by atoms with E-state index in [9.17, 15) is 18.0 Å². The third-order valence-corrected chi connectivity index (χ3v) is 3.88. The molecule has 5 nitrogen and oxygen atoms in total. The van der Waals surface area contributed by atoms with E-state index in [2.05, 4.69) is 4.98 Å². The Labute approximate surface area is 151 Å². The Morgan fingerprint density at radius 1 is 1.38 bits per heavy atom. The summed E-state index contributed by atoms with van der Waals surface area (Å²) in [6.07, 6.45) is -4.32. The molecule has 1 aliphatic heterocycles. The van der Waals surface area contributed by atoms with Crippen molar-refractivity contribution in [3.63, 3.8) is 0 Å². The summed E-state index contributed by atoms with van der Waals surface area (Å²) in [6.45, 7) is 1.95. The van der Waals surface area contributed by atoms with Gasteiger partial charge in [-0.05, 0) is 31.2 Å². The van der Waals surface area contributed by atoms with Gasteiger partial charge in [0, 0.05) is 18.2 Å². The van der Waals surface area contributed by atoms with Crippen LogP contribution in [0.3, 0.4) is 0 Å². The zero-order chi connectivity index (χ0) is 18.9. The molecule has 138 valence electrons. The molecule has 2 aromatic rings. The highest BCUT2D eigenvalue weighted by atomic mass is 35.5. The minimum Gasteiger partial charge on any atom is -0.478 e. The quantitative estimate of drug-likeness (QED) is 0.727. The topological polar surface area (TPSA) is 57.7 Å². The number of nitrogens with zero attached hydrogens (tertiary/aromatic N) is 1. The van der Waals surface area contributed by atoms with Crippen molar-refractivity contribution in [1.82, 2.24) is 4.98 Å². The second kappa shape index (κ2) is 7.03. The first-order valence-electron chi connectivity index (χ1n) is 7.64. The Hall–Kier alpha value is -2.48. The molecular formula is C17H13ClF3NO4. The number of esters is 1. The zero-order valence-corrected chi connectivity index (χ0v) is 14.2. The van der Waals surface area contributed by atoms with Gasteiger partial charge in [0.2, 0.25) is 5.88 Å². The van der Waals surface area contributed by atoms with Crippen LogP contribution in [0.25, 0.3) is 0 Å². The van der Waals surface area contributed by atoms with Crippen LogP contribution in [0, 0.1) is 0 Å². The highest BCUT2D eigenvalue weighted by Crippen LogP contribution is 2.37. The summed E-state index contributed by atoms with van der Waals surface area (Å²) in [4.78, 5) is 15.4. The van der Waals surface area contributed by atoms with E-state index in [1.807, 2.05) is 0 Å². The molecule has 1 atom stereocenters. The van der Waals surface area contributed by atoms with E-state index >= 15 is 0 Å². The van der Waals surface area contributed by atoms with Gasteiger partial charge >= 0.3 is 12.1 Å². The van der Waals surface area contributed by atoms with Crippen molar-refractivity contribution in [2.24, 2.45) is 0 Å². The monoisotopic (exact) mass is 387 g/mol. The lowest BCUT2D eigenvalue weighted by Crippen LogP contribution is -2.27. The number of hydrogen-bond donors (Lipinski definition) is 0. The molecule has 2 heterocycles. The van der Waals surface area contributed by atoms with E-state index in [0.717, 1.165) is 6.07 Å². The molecule has 0 saturated carbocycles. The summed E-state index contributed by atoms with van der Waals surface area (Å²) in [5, 5.41) is -0.263. The van der Waals surface area contributed by atoms with Crippen molar-refractivity contribution in [3.05, 3.63) is 46.6 Å². The van der Waals surface area contributed by atoms with E-state index in [-0.39, 0.29) is 17.5 Å². The molecule has 3 rings (SSSR count). The van der Waals surface area contributed by atoms with Gasteiger partial charge in [0.25, 0.3) is 0 Å². The highest BCUT2D eigenvalue weighted by Gasteiger charge is 2.32. The number of ether oxygens (including phenoxy) is 3. The molecule has 0 fully saturated rings. The Balaban J connectivity index is 1.76. The fraction of sp³-hybridized carbons (Fsp3) is 0.294. The van der Waals surface area contributed by atoms with Crippen LogP contribution in [0.2, 0.25) is 5.02 Å². The standard InChI is InChI=1S/C17H13ClF3NO4/c1-2-24-16(23)14-6-9-5-11(3-4-13(9)26-14)25-15-12(18)7-10(8-22-15)17(19,20)21/h3-5,7-8,14H,2,6H2,1H3. The summed E-state index contributed by atoms with van der Waals surface area (Å²) < 4.78 is 53.8. The number of benzene rings is 1. The first-order valence-corrected chi connectivity index (χ1v) is 8.02. The maximum absolute atomic E-state index is 12.6. The molecule has 0 aliphatic carbocycles. The minimum atomic E-state index is -4.54. The third-order valence-electron chi connectivity index (χ3n) is 3.61. The molecule has 0 spiro atoms. The van der Waals surface area contributed by atoms with Gasteiger partial charge in [0.1, 0.15) is 16.5 Å². The van der Waals surface area contributed by atoms with Gasteiger partial charge in [-0.1, -0.05) is 11.6 Å². The first kappa shape index (κ1) is 18.3. The SMILES string of the molecule is CCOC(=O)C1Cc2cc(Oc3ncc(C(F)(F)F)cc3Cl)ccc2O1. The van der Waals surface area contributed by atoms with Gasteiger partial charge in [0.05, 0.1) is 12.2 Å². The summed E-state index contributed by atoms with van der Waals surface area (Å²) in [5.74, 6) is 0.215. The summed E-state index contributed by atoms with van der Waals surface area (Å²) in [6, 6.07) is 5.51. The van der Waals surface area contributed by atoms with E-state index in [4.69, 9.17) is 25.8 Å². The number of carbonyl (C=O) groups excluding carboxylic acids is 1. The fourth-order valence-electron chi connectivity index (χ4n) is 2.42. The fourth-order valence-corrected chi connectivity index (χ4v) is 2.63. The molecule has 9 heteroatoms. The molecule has 0 saturated heterocycles. The molecule has 0 N–H and O–H groups in total. The van der Waals surface area contributed by atoms with Gasteiger partial charge in [-0.3, -0.25) is 0 Å². The van der Waals surface area contributed by atoms with Gasteiger partial charge < -0.3 is 14.2 Å². The van der Waals surface area contributed by atoms with Gasteiger partial charge in [-0.25, -0.2) is 9.78 Å². The number of aromatic nitrogens is 1. The first-order chi connectivity index (χ1) is 12.3. The van der Waals surface area contributed by atoms with Crippen LogP contribution in [0.4, 0.5) is 13.2 Å². The molecule has 1 unspecified atom stereocenters. The predicted molar refractivity (Wildman–Crippen MR) is 85.5 cm³/mol. The van der Waals surface area contributed by atoms with Crippen LogP contribution < -0.4 is 9.47 Å². The third kappa shape index (κ3) is 3.85. The van der Waals surface area contributed by atoms with Crippen LogP contribution in [-0.2, 0) is 22.1 Å². The van der Waals surface area contributed by atoms with Crippen LogP contribution in [0.5, 0.6) is 17.4 Å². The Bertz CT molecular complexity index is 841. The predicted octanol–water partition coefficient (Wildman–Crippen LogP) is 4.41. The van der Waals surface area contributed by atoms with Crippen LogP contribution in [0.15, 0.2) is 30.5 Å². The number of pyridine rings is 1. The van der Waals surface area contributed by atoms with E-state index < -0.39 is 23.8 Å². The molecular weight excluding hydrogens is 375 g/mol. The van der Waals surface area contributed by atoms with E-state index in [0.29, 0.717) is 29.7 Å². The van der Waals surface area contributed by atoms with Gasteiger partial charge in [-0.2, -0.15) is 13.2 Å². The zero-order valence-electron chi connectivity index (χ0n) is 13.5. The van der Waals surface area contributed by atoms with Crippen LogP contribution in [0.1, 0.15) is 18.1 Å². The second-order valence-corrected chi connectivity index (χ2v) is 5.85. The minimum absolute atomic E-state index is 0.152. The lowest BCUT2D eigenvalue weighted by Gasteiger charge is -2.10. The van der Waals surface area contributed by atoms with Crippen molar-refractivity contribution in [2.45, 2.75) is 25.6 Å². The maximum atomic E-state index is 12.6. The van der Waals surface area contributed by atoms with Crippen molar-refractivity contribution in [3.8, 4) is 17.4 Å². The van der Waals surface area contributed by atoms with Gasteiger partial charge in [0.15, 0.2) is 6.10 Å². The number of halogens is 4. The van der Waals surface area contributed by atoms with Crippen LogP contribution >= 0.6 is 11.6 Å². The van der Waals surface area contributed by atoms with Crippen molar-refractivity contribution in [2.75, 3.05) is 6.61 Å². The largest absolute Gasteiger partial charge is 0.478 e. The van der Waals surface area contributed by atoms with Crippen molar-refractivity contribution >= 4 is 17.6 Å².